The summed E-state index contributed by atoms with van der Waals surface area (Å²) in [6, 6.07) is 11.6. The van der Waals surface area contributed by atoms with Crippen LogP contribution in [0.25, 0.3) is 11.3 Å². The van der Waals surface area contributed by atoms with E-state index in [9.17, 15) is 4.79 Å². The maximum Gasteiger partial charge on any atom is 0.226 e. The number of carbonyl (C=O) groups excluding carboxylic acids is 1. The van der Waals surface area contributed by atoms with E-state index < -0.39 is 0 Å². The molecule has 2 rings (SSSR count). The van der Waals surface area contributed by atoms with Gasteiger partial charge in [0.15, 0.2) is 0 Å². The minimum atomic E-state index is -0.0428. The van der Waals surface area contributed by atoms with Gasteiger partial charge in [-0.25, -0.2) is 0 Å². The zero-order valence-corrected chi connectivity index (χ0v) is 13.3. The summed E-state index contributed by atoms with van der Waals surface area (Å²) in [4.78, 5) is 11.7. The molecule has 1 aromatic heterocycles. The maximum atomic E-state index is 11.7. The number of anilines is 1. The maximum absolute atomic E-state index is 11.7. The lowest BCUT2D eigenvalue weighted by Gasteiger charge is -2.09. The minimum Gasteiger partial charge on any atom is -0.326 e. The highest BCUT2D eigenvalue weighted by atomic mass is 32.2. The first-order valence-electron chi connectivity index (χ1n) is 6.98. The van der Waals surface area contributed by atoms with E-state index in [-0.39, 0.29) is 11.8 Å². The van der Waals surface area contributed by atoms with E-state index in [2.05, 4.69) is 22.4 Å². The third-order valence-corrected chi connectivity index (χ3v) is 3.68. The Hall–Kier alpha value is -1.88. The van der Waals surface area contributed by atoms with Gasteiger partial charge < -0.3 is 5.32 Å². The highest BCUT2D eigenvalue weighted by Crippen LogP contribution is 2.22. The third-order valence-electron chi connectivity index (χ3n) is 2.88. The molecular formula is C16H19N3OS. The van der Waals surface area contributed by atoms with Gasteiger partial charge in [-0.1, -0.05) is 32.9 Å². The Balaban J connectivity index is 2.18. The van der Waals surface area contributed by atoms with Crippen molar-refractivity contribution < 1.29 is 4.79 Å². The van der Waals surface area contributed by atoms with Crippen molar-refractivity contribution in [3.05, 3.63) is 36.4 Å². The van der Waals surface area contributed by atoms with Crippen LogP contribution in [0, 0.1) is 5.92 Å². The SMILES string of the molecule is CCSc1ccc(-c2cccc(NC(=O)C(C)C)c2)nn1. The number of thioether (sulfide) groups is 1. The summed E-state index contributed by atoms with van der Waals surface area (Å²) in [5, 5.41) is 12.2. The van der Waals surface area contributed by atoms with E-state index in [0.717, 1.165) is 27.7 Å². The predicted octanol–water partition coefficient (Wildman–Crippen LogP) is 3.85. The smallest absolute Gasteiger partial charge is 0.226 e. The largest absolute Gasteiger partial charge is 0.326 e. The molecule has 0 saturated carbocycles. The second kappa shape index (κ2) is 7.22. The number of aromatic nitrogens is 2. The van der Waals surface area contributed by atoms with Crippen LogP contribution >= 0.6 is 11.8 Å². The monoisotopic (exact) mass is 301 g/mol. The molecule has 0 saturated heterocycles. The Morgan fingerprint density at radius 1 is 1.24 bits per heavy atom. The third kappa shape index (κ3) is 4.29. The number of hydrogen-bond acceptors (Lipinski definition) is 4. The molecule has 2 aromatic rings. The number of nitrogens with zero attached hydrogens (tertiary/aromatic N) is 2. The van der Waals surface area contributed by atoms with Crippen molar-refractivity contribution in [2.75, 3.05) is 11.1 Å². The molecule has 0 aliphatic rings. The number of benzene rings is 1. The van der Waals surface area contributed by atoms with Crippen molar-refractivity contribution in [1.82, 2.24) is 10.2 Å². The van der Waals surface area contributed by atoms with Crippen molar-refractivity contribution in [2.24, 2.45) is 5.92 Å². The van der Waals surface area contributed by atoms with E-state index in [1.165, 1.54) is 0 Å². The Labute approximate surface area is 129 Å². The molecular weight excluding hydrogens is 282 g/mol. The van der Waals surface area contributed by atoms with Gasteiger partial charge in [-0.05, 0) is 30.0 Å². The van der Waals surface area contributed by atoms with Gasteiger partial charge in [-0.2, -0.15) is 0 Å². The average Bonchev–Trinajstić information content (AvgIpc) is 2.48. The fraction of sp³-hybridized carbons (Fsp3) is 0.312. The summed E-state index contributed by atoms with van der Waals surface area (Å²) >= 11 is 1.66. The molecule has 0 atom stereocenters. The molecule has 0 unspecified atom stereocenters. The average molecular weight is 301 g/mol. The summed E-state index contributed by atoms with van der Waals surface area (Å²) in [5.74, 6) is 0.941. The molecule has 4 nitrogen and oxygen atoms in total. The van der Waals surface area contributed by atoms with E-state index >= 15 is 0 Å². The van der Waals surface area contributed by atoms with E-state index in [0.29, 0.717) is 0 Å². The van der Waals surface area contributed by atoms with Gasteiger partial charge >= 0.3 is 0 Å². The highest BCUT2D eigenvalue weighted by molar-refractivity contribution is 7.99. The van der Waals surface area contributed by atoms with Gasteiger partial charge in [-0.3, -0.25) is 4.79 Å². The summed E-state index contributed by atoms with van der Waals surface area (Å²) in [6.45, 7) is 5.82. The molecule has 1 N–H and O–H groups in total. The lowest BCUT2D eigenvalue weighted by atomic mass is 10.1. The first kappa shape index (κ1) is 15.5. The second-order valence-corrected chi connectivity index (χ2v) is 6.20. The van der Waals surface area contributed by atoms with Crippen LogP contribution in [0.3, 0.4) is 0 Å². The Bertz CT molecular complexity index is 611. The highest BCUT2D eigenvalue weighted by Gasteiger charge is 2.08. The number of amides is 1. The van der Waals surface area contributed by atoms with Crippen LogP contribution in [-0.2, 0) is 4.79 Å². The lowest BCUT2D eigenvalue weighted by Crippen LogP contribution is -2.17. The fourth-order valence-corrected chi connectivity index (χ4v) is 2.30. The molecule has 0 aliphatic heterocycles. The number of carbonyl (C=O) groups is 1. The van der Waals surface area contributed by atoms with Gasteiger partial charge in [0, 0.05) is 17.2 Å². The van der Waals surface area contributed by atoms with Gasteiger partial charge in [0.25, 0.3) is 0 Å². The fourth-order valence-electron chi connectivity index (χ4n) is 1.74. The van der Waals surface area contributed by atoms with Gasteiger partial charge in [0.05, 0.1) is 5.69 Å². The van der Waals surface area contributed by atoms with Crippen LogP contribution in [0.15, 0.2) is 41.4 Å². The molecule has 0 radical (unpaired) electrons. The van der Waals surface area contributed by atoms with Crippen molar-refractivity contribution in [3.63, 3.8) is 0 Å². The Kier molecular flexibility index (Phi) is 5.33. The topological polar surface area (TPSA) is 54.9 Å². The van der Waals surface area contributed by atoms with Crippen LogP contribution in [-0.4, -0.2) is 21.9 Å². The van der Waals surface area contributed by atoms with Crippen molar-refractivity contribution in [1.29, 1.82) is 0 Å². The van der Waals surface area contributed by atoms with Crippen LogP contribution < -0.4 is 5.32 Å². The molecule has 110 valence electrons. The quantitative estimate of drug-likeness (QED) is 0.852. The van der Waals surface area contributed by atoms with Crippen molar-refractivity contribution in [3.8, 4) is 11.3 Å². The summed E-state index contributed by atoms with van der Waals surface area (Å²) in [7, 11) is 0. The zero-order valence-electron chi connectivity index (χ0n) is 12.5. The van der Waals surface area contributed by atoms with Gasteiger partial charge in [0.2, 0.25) is 5.91 Å². The number of hydrogen-bond donors (Lipinski definition) is 1. The van der Waals surface area contributed by atoms with E-state index in [1.807, 2.05) is 50.2 Å². The molecule has 0 spiro atoms. The normalized spacial score (nSPS) is 10.7. The Morgan fingerprint density at radius 3 is 2.67 bits per heavy atom. The molecule has 21 heavy (non-hydrogen) atoms. The standard InChI is InChI=1S/C16H19N3OS/c1-4-21-15-9-8-14(18-19-15)12-6-5-7-13(10-12)17-16(20)11(2)3/h5-11H,4H2,1-3H3,(H,17,20). The molecule has 0 fully saturated rings. The van der Waals surface area contributed by atoms with Crippen LogP contribution in [0.2, 0.25) is 0 Å². The van der Waals surface area contributed by atoms with E-state index in [4.69, 9.17) is 0 Å². The second-order valence-electron chi connectivity index (χ2n) is 4.91. The number of rotatable bonds is 5. The summed E-state index contributed by atoms with van der Waals surface area (Å²) in [6.07, 6.45) is 0. The number of nitrogens with one attached hydrogen (secondary N) is 1. The molecule has 0 bridgehead atoms. The van der Waals surface area contributed by atoms with E-state index in [1.54, 1.807) is 11.8 Å². The van der Waals surface area contributed by atoms with Gasteiger partial charge in [0.1, 0.15) is 5.03 Å². The van der Waals surface area contributed by atoms with Crippen molar-refractivity contribution >= 4 is 23.4 Å². The first-order chi connectivity index (χ1) is 10.1. The van der Waals surface area contributed by atoms with Crippen LogP contribution in [0.5, 0.6) is 0 Å². The summed E-state index contributed by atoms with van der Waals surface area (Å²) < 4.78 is 0. The molecule has 5 heteroatoms. The van der Waals surface area contributed by atoms with Crippen LogP contribution in [0.4, 0.5) is 5.69 Å². The minimum absolute atomic E-state index is 0.00734. The zero-order chi connectivity index (χ0) is 15.2. The van der Waals surface area contributed by atoms with Crippen molar-refractivity contribution in [2.45, 2.75) is 25.8 Å². The molecule has 1 amide bonds. The molecule has 1 heterocycles. The van der Waals surface area contributed by atoms with Crippen LogP contribution in [0.1, 0.15) is 20.8 Å². The predicted molar refractivity (Wildman–Crippen MR) is 87.3 cm³/mol. The summed E-state index contributed by atoms with van der Waals surface area (Å²) in [5.41, 5.74) is 2.52. The molecule has 0 aliphatic carbocycles. The lowest BCUT2D eigenvalue weighted by molar-refractivity contribution is -0.118. The molecule has 1 aromatic carbocycles. The van der Waals surface area contributed by atoms with Gasteiger partial charge in [-0.15, -0.1) is 22.0 Å². The first-order valence-corrected chi connectivity index (χ1v) is 7.96. The Morgan fingerprint density at radius 2 is 2.05 bits per heavy atom.